The van der Waals surface area contributed by atoms with Crippen LogP contribution in [0.1, 0.15) is 6.42 Å². The highest BCUT2D eigenvalue weighted by atomic mass is 19.3. The zero-order valence-electron chi connectivity index (χ0n) is 13.5. The highest BCUT2D eigenvalue weighted by Gasteiger charge is 2.44. The number of carbonyl (C=O) groups excluding carboxylic acids is 1. The number of ether oxygens (including phenoxy) is 3. The maximum absolute atomic E-state index is 13.3. The van der Waals surface area contributed by atoms with E-state index in [1.807, 2.05) is 0 Å². The summed E-state index contributed by atoms with van der Waals surface area (Å²) in [7, 11) is 0. The van der Waals surface area contributed by atoms with Crippen molar-refractivity contribution in [2.24, 2.45) is 0 Å². The summed E-state index contributed by atoms with van der Waals surface area (Å²) in [6.07, 6.45) is -0.427. The molecule has 1 fully saturated rings. The number of benzene rings is 1. The summed E-state index contributed by atoms with van der Waals surface area (Å²) < 4.78 is 42.6. The topological polar surface area (TPSA) is 80.3 Å². The van der Waals surface area contributed by atoms with Crippen LogP contribution in [-0.4, -0.2) is 67.5 Å². The number of rotatable bonds is 7. The normalized spacial score (nSPS) is 21.3. The van der Waals surface area contributed by atoms with Crippen molar-refractivity contribution in [2.75, 3.05) is 39.6 Å². The van der Waals surface area contributed by atoms with Crippen LogP contribution >= 0.6 is 0 Å². The SMILES string of the molecule is O=C(CN1CC(F)(F)CC1CO)NCCOc1ccc2c(c1)OCO2. The first-order valence-corrected chi connectivity index (χ1v) is 7.99. The van der Waals surface area contributed by atoms with E-state index >= 15 is 0 Å². The molecule has 0 bridgehead atoms. The van der Waals surface area contributed by atoms with Crippen LogP contribution in [0.15, 0.2) is 18.2 Å². The lowest BCUT2D eigenvalue weighted by atomic mass is 10.2. The summed E-state index contributed by atoms with van der Waals surface area (Å²) in [6, 6.07) is 4.47. The largest absolute Gasteiger partial charge is 0.492 e. The van der Waals surface area contributed by atoms with E-state index in [2.05, 4.69) is 5.32 Å². The molecule has 1 saturated heterocycles. The molecule has 0 aromatic heterocycles. The highest BCUT2D eigenvalue weighted by Crippen LogP contribution is 2.35. The first kappa shape index (κ1) is 17.7. The van der Waals surface area contributed by atoms with E-state index in [-0.39, 0.29) is 32.4 Å². The summed E-state index contributed by atoms with van der Waals surface area (Å²) in [5.41, 5.74) is 0. The molecular weight excluding hydrogens is 338 g/mol. The van der Waals surface area contributed by atoms with Crippen molar-refractivity contribution in [1.29, 1.82) is 0 Å². The Bertz CT molecular complexity index is 629. The van der Waals surface area contributed by atoms with Crippen molar-refractivity contribution < 1.29 is 32.9 Å². The number of fused-ring (bicyclic) bond motifs is 1. The number of hydrogen-bond acceptors (Lipinski definition) is 6. The molecule has 2 N–H and O–H groups in total. The van der Waals surface area contributed by atoms with E-state index in [4.69, 9.17) is 19.3 Å². The Hall–Kier alpha value is -2.13. The molecule has 1 unspecified atom stereocenters. The molecule has 1 aromatic carbocycles. The average molecular weight is 358 g/mol. The lowest BCUT2D eigenvalue weighted by molar-refractivity contribution is -0.122. The number of nitrogens with one attached hydrogen (secondary N) is 1. The first-order chi connectivity index (χ1) is 12.0. The van der Waals surface area contributed by atoms with Crippen molar-refractivity contribution >= 4 is 5.91 Å². The van der Waals surface area contributed by atoms with Crippen molar-refractivity contribution in [1.82, 2.24) is 10.2 Å². The average Bonchev–Trinajstić information content (AvgIpc) is 3.14. The van der Waals surface area contributed by atoms with Crippen molar-refractivity contribution in [3.05, 3.63) is 18.2 Å². The van der Waals surface area contributed by atoms with Crippen LogP contribution < -0.4 is 19.5 Å². The highest BCUT2D eigenvalue weighted by molar-refractivity contribution is 5.78. The third-order valence-electron chi connectivity index (χ3n) is 4.08. The second kappa shape index (κ2) is 7.40. The molecule has 3 rings (SSSR count). The number of amides is 1. The summed E-state index contributed by atoms with van der Waals surface area (Å²) in [5, 5.41) is 11.8. The van der Waals surface area contributed by atoms with Crippen LogP contribution in [0.4, 0.5) is 8.78 Å². The van der Waals surface area contributed by atoms with Crippen LogP contribution in [0, 0.1) is 0 Å². The van der Waals surface area contributed by atoms with Gasteiger partial charge in [-0.3, -0.25) is 9.69 Å². The van der Waals surface area contributed by atoms with Gasteiger partial charge in [-0.05, 0) is 12.1 Å². The third-order valence-corrected chi connectivity index (χ3v) is 4.08. The Kier molecular flexibility index (Phi) is 5.24. The van der Waals surface area contributed by atoms with Crippen molar-refractivity contribution in [3.63, 3.8) is 0 Å². The Labute approximate surface area is 143 Å². The third kappa shape index (κ3) is 4.49. The molecule has 0 radical (unpaired) electrons. The van der Waals surface area contributed by atoms with E-state index in [9.17, 15) is 13.6 Å². The molecule has 0 spiro atoms. The summed E-state index contributed by atoms with van der Waals surface area (Å²) >= 11 is 0. The zero-order chi connectivity index (χ0) is 17.9. The molecule has 9 heteroatoms. The predicted molar refractivity (Wildman–Crippen MR) is 83.1 cm³/mol. The molecule has 2 heterocycles. The van der Waals surface area contributed by atoms with E-state index in [0.29, 0.717) is 17.2 Å². The van der Waals surface area contributed by atoms with Crippen LogP contribution in [0.25, 0.3) is 0 Å². The van der Waals surface area contributed by atoms with Gasteiger partial charge in [0.15, 0.2) is 11.5 Å². The van der Waals surface area contributed by atoms with Gasteiger partial charge in [-0.2, -0.15) is 0 Å². The van der Waals surface area contributed by atoms with Gasteiger partial charge >= 0.3 is 0 Å². The second-order valence-corrected chi connectivity index (χ2v) is 6.01. The molecule has 1 atom stereocenters. The van der Waals surface area contributed by atoms with Gasteiger partial charge in [0, 0.05) is 18.5 Å². The van der Waals surface area contributed by atoms with E-state index in [0.717, 1.165) is 0 Å². The number of halogens is 2. The number of aliphatic hydroxyl groups excluding tert-OH is 1. The molecule has 2 aliphatic rings. The van der Waals surface area contributed by atoms with E-state index in [1.165, 1.54) is 4.90 Å². The van der Waals surface area contributed by atoms with Crippen LogP contribution in [-0.2, 0) is 4.79 Å². The van der Waals surface area contributed by atoms with Crippen molar-refractivity contribution in [3.8, 4) is 17.2 Å². The second-order valence-electron chi connectivity index (χ2n) is 6.01. The number of alkyl halides is 2. The van der Waals surface area contributed by atoms with Gasteiger partial charge in [-0.1, -0.05) is 0 Å². The number of hydrogen-bond donors (Lipinski definition) is 2. The van der Waals surface area contributed by atoms with Crippen LogP contribution in [0.2, 0.25) is 0 Å². The van der Waals surface area contributed by atoms with Gasteiger partial charge in [-0.15, -0.1) is 0 Å². The summed E-state index contributed by atoms with van der Waals surface area (Å²) in [6.45, 7) is -0.439. The van der Waals surface area contributed by atoms with Gasteiger partial charge in [0.25, 0.3) is 5.92 Å². The minimum absolute atomic E-state index is 0.176. The smallest absolute Gasteiger partial charge is 0.262 e. The Balaban J connectivity index is 1.38. The zero-order valence-corrected chi connectivity index (χ0v) is 13.5. The quantitative estimate of drug-likeness (QED) is 0.696. The fraction of sp³-hybridized carbons (Fsp3) is 0.562. The molecule has 25 heavy (non-hydrogen) atoms. The van der Waals surface area contributed by atoms with Crippen molar-refractivity contribution in [2.45, 2.75) is 18.4 Å². The molecule has 0 aliphatic carbocycles. The van der Waals surface area contributed by atoms with Gasteiger partial charge in [0.2, 0.25) is 12.7 Å². The fourth-order valence-electron chi connectivity index (χ4n) is 2.90. The molecule has 2 aliphatic heterocycles. The molecule has 1 aromatic rings. The molecular formula is C16H20F2N2O5. The molecule has 1 amide bonds. The van der Waals surface area contributed by atoms with Crippen LogP contribution in [0.5, 0.6) is 17.2 Å². The standard InChI is InChI=1S/C16H20F2N2O5/c17-16(18)6-11(8-21)20(9-16)7-15(22)19-3-4-23-12-1-2-13-14(5-12)25-10-24-13/h1-2,5,11,21H,3-4,6-10H2,(H,19,22). The number of nitrogens with zero attached hydrogens (tertiary/aromatic N) is 1. The lowest BCUT2D eigenvalue weighted by Gasteiger charge is -2.21. The summed E-state index contributed by atoms with van der Waals surface area (Å²) in [4.78, 5) is 13.2. The predicted octanol–water partition coefficient (Wildman–Crippen LogP) is 0.612. The monoisotopic (exact) mass is 358 g/mol. The fourth-order valence-corrected chi connectivity index (χ4v) is 2.90. The van der Waals surface area contributed by atoms with E-state index < -0.39 is 31.5 Å². The maximum atomic E-state index is 13.3. The molecule has 0 saturated carbocycles. The van der Waals surface area contributed by atoms with E-state index in [1.54, 1.807) is 18.2 Å². The Morgan fingerprint density at radius 3 is 3.00 bits per heavy atom. The maximum Gasteiger partial charge on any atom is 0.262 e. The first-order valence-electron chi connectivity index (χ1n) is 7.99. The molecule has 138 valence electrons. The number of aliphatic hydroxyl groups is 1. The summed E-state index contributed by atoms with van der Waals surface area (Å²) in [5.74, 6) is -1.41. The lowest BCUT2D eigenvalue weighted by Crippen LogP contribution is -2.42. The Morgan fingerprint density at radius 2 is 2.20 bits per heavy atom. The number of carbonyl (C=O) groups is 1. The van der Waals surface area contributed by atoms with Gasteiger partial charge in [-0.25, -0.2) is 8.78 Å². The molecule has 7 nitrogen and oxygen atoms in total. The van der Waals surface area contributed by atoms with Gasteiger partial charge in [0.05, 0.1) is 26.2 Å². The van der Waals surface area contributed by atoms with Gasteiger partial charge in [0.1, 0.15) is 12.4 Å². The van der Waals surface area contributed by atoms with Gasteiger partial charge < -0.3 is 24.6 Å². The number of likely N-dealkylation sites (tertiary alicyclic amines) is 1. The Morgan fingerprint density at radius 1 is 1.40 bits per heavy atom. The van der Waals surface area contributed by atoms with Crippen LogP contribution in [0.3, 0.4) is 0 Å². The minimum atomic E-state index is -2.86. The minimum Gasteiger partial charge on any atom is -0.492 e.